The third-order valence-electron chi connectivity index (χ3n) is 15.4. The van der Waals surface area contributed by atoms with Gasteiger partial charge >= 0.3 is 0 Å². The Balaban J connectivity index is 0.000000130. The minimum absolute atomic E-state index is 0.100. The first kappa shape index (κ1) is 45.6. The molecule has 3 amide bonds. The van der Waals surface area contributed by atoms with Gasteiger partial charge in [0.05, 0.1) is 29.8 Å². The summed E-state index contributed by atoms with van der Waals surface area (Å²) in [4.78, 5) is 44.5. The van der Waals surface area contributed by atoms with E-state index < -0.39 is 21.1 Å². The van der Waals surface area contributed by atoms with Gasteiger partial charge in [-0.1, -0.05) is 32.1 Å². The molecule has 3 saturated carbocycles. The van der Waals surface area contributed by atoms with Gasteiger partial charge in [0.1, 0.15) is 35.4 Å². The van der Waals surface area contributed by atoms with Gasteiger partial charge in [0.2, 0.25) is 17.7 Å². The van der Waals surface area contributed by atoms with Crippen molar-refractivity contribution in [1.82, 2.24) is 30.7 Å². The van der Waals surface area contributed by atoms with Crippen LogP contribution >= 0.6 is 0 Å². The van der Waals surface area contributed by atoms with Gasteiger partial charge in [-0.25, -0.2) is 8.42 Å². The van der Waals surface area contributed by atoms with Crippen LogP contribution in [0.4, 0.5) is 0 Å². The van der Waals surface area contributed by atoms with Gasteiger partial charge in [0, 0.05) is 38.3 Å². The summed E-state index contributed by atoms with van der Waals surface area (Å²) in [5.41, 5.74) is 3.53. The zero-order chi connectivity index (χ0) is 44.1. The third kappa shape index (κ3) is 9.72. The van der Waals surface area contributed by atoms with Crippen LogP contribution in [0.3, 0.4) is 0 Å². The number of carbonyl (C=O) groups is 3. The highest BCUT2D eigenvalue weighted by atomic mass is 32.2. The van der Waals surface area contributed by atoms with Crippen LogP contribution in [-0.2, 0) is 43.5 Å². The lowest BCUT2D eigenvalue weighted by atomic mass is 9.91. The molecule has 0 radical (unpaired) electrons. The minimum Gasteiger partial charge on any atom is -0.467 e. The van der Waals surface area contributed by atoms with Crippen LogP contribution in [0.2, 0.25) is 0 Å². The van der Waals surface area contributed by atoms with Crippen LogP contribution in [0.15, 0.2) is 50.2 Å². The number of carbonyl (C=O) groups excluding carboxylic acids is 3. The fraction of sp³-hybridized carbons (Fsp3) is 0.688. The van der Waals surface area contributed by atoms with E-state index in [4.69, 9.17) is 13.3 Å². The lowest BCUT2D eigenvalue weighted by molar-refractivity contribution is -0.140. The molecule has 10 rings (SSSR count). The van der Waals surface area contributed by atoms with Crippen molar-refractivity contribution in [3.8, 4) is 0 Å². The van der Waals surface area contributed by atoms with Crippen molar-refractivity contribution >= 4 is 27.6 Å². The average Bonchev–Trinajstić information content (AvgIpc) is 4.12. The second kappa shape index (κ2) is 20.1. The zero-order valence-electron chi connectivity index (χ0n) is 37.7. The molecular formula is C48H70N6O8S. The highest BCUT2D eigenvalue weighted by molar-refractivity contribution is 7.92. The molecule has 3 aromatic heterocycles. The van der Waals surface area contributed by atoms with Crippen molar-refractivity contribution in [3.05, 3.63) is 71.0 Å². The largest absolute Gasteiger partial charge is 0.467 e. The first-order valence-electron chi connectivity index (χ1n) is 23.9. The predicted octanol–water partition coefficient (Wildman–Crippen LogP) is 6.04. The van der Waals surface area contributed by atoms with E-state index in [1.54, 1.807) is 30.7 Å². The number of rotatable bonds is 8. The molecular weight excluding hydrogens is 821 g/mol. The zero-order valence-corrected chi connectivity index (χ0v) is 38.5. The highest BCUT2D eigenvalue weighted by Crippen LogP contribution is 2.52. The molecule has 63 heavy (non-hydrogen) atoms. The Labute approximate surface area is 373 Å². The van der Waals surface area contributed by atoms with Gasteiger partial charge in [0.25, 0.3) is 0 Å². The van der Waals surface area contributed by atoms with Gasteiger partial charge in [-0.15, -0.1) is 0 Å². The Kier molecular flexibility index (Phi) is 14.5. The van der Waals surface area contributed by atoms with Crippen molar-refractivity contribution in [3.63, 3.8) is 0 Å². The number of amides is 3. The second-order valence-electron chi connectivity index (χ2n) is 19.1. The smallest absolute Gasteiger partial charge is 0.248 e. The quantitative estimate of drug-likeness (QED) is 0.225. The van der Waals surface area contributed by atoms with Crippen molar-refractivity contribution in [2.45, 2.75) is 138 Å². The molecule has 7 aliphatic rings. The lowest BCUT2D eigenvalue weighted by Gasteiger charge is -2.40. The maximum absolute atomic E-state index is 13.0. The minimum atomic E-state index is -3.07. The van der Waals surface area contributed by atoms with E-state index in [9.17, 15) is 22.8 Å². The molecule has 3 aromatic rings. The summed E-state index contributed by atoms with van der Waals surface area (Å²) < 4.78 is 41.0. The molecule has 15 heteroatoms. The summed E-state index contributed by atoms with van der Waals surface area (Å²) in [6.07, 6.45) is 24.0. The first-order chi connectivity index (χ1) is 30.6. The van der Waals surface area contributed by atoms with Gasteiger partial charge in [-0.3, -0.25) is 14.4 Å². The van der Waals surface area contributed by atoms with Crippen LogP contribution in [0, 0.1) is 11.8 Å². The summed E-state index contributed by atoms with van der Waals surface area (Å²) in [6.45, 7) is 3.41. The predicted molar refractivity (Wildman–Crippen MR) is 239 cm³/mol. The van der Waals surface area contributed by atoms with Crippen LogP contribution in [0.1, 0.15) is 142 Å². The molecule has 0 aromatic carbocycles. The van der Waals surface area contributed by atoms with Crippen LogP contribution in [-0.4, -0.2) is 111 Å². The Morgan fingerprint density at radius 2 is 1.08 bits per heavy atom. The van der Waals surface area contributed by atoms with Crippen molar-refractivity contribution in [2.24, 2.45) is 11.8 Å². The highest BCUT2D eigenvalue weighted by Gasteiger charge is 2.52. The Morgan fingerprint density at radius 1 is 0.603 bits per heavy atom. The van der Waals surface area contributed by atoms with Crippen molar-refractivity contribution in [1.29, 1.82) is 0 Å². The number of hydrogen-bond acceptors (Lipinski definition) is 11. The number of furan rings is 3. The summed E-state index contributed by atoms with van der Waals surface area (Å²) in [5, 5.41) is 8.86. The first-order valence-corrected chi connectivity index (χ1v) is 25.6. The van der Waals surface area contributed by atoms with Crippen LogP contribution < -0.4 is 16.0 Å². The van der Waals surface area contributed by atoms with Gasteiger partial charge < -0.3 is 43.9 Å². The molecule has 1 saturated heterocycles. The second-order valence-corrected chi connectivity index (χ2v) is 21.5. The fourth-order valence-corrected chi connectivity index (χ4v) is 13.7. The number of likely N-dealkylation sites (N-methyl/N-ethyl adjacent to an activating group) is 3. The molecule has 4 aliphatic heterocycles. The summed E-state index contributed by atoms with van der Waals surface area (Å²) in [6, 6.07) is 4.74. The normalized spacial score (nSPS) is 29.5. The third-order valence-corrected chi connectivity index (χ3v) is 17.7. The monoisotopic (exact) mass is 890 g/mol. The molecule has 2 bridgehead atoms. The molecule has 4 atom stereocenters. The van der Waals surface area contributed by atoms with E-state index in [1.165, 1.54) is 81.8 Å². The van der Waals surface area contributed by atoms with E-state index >= 15 is 0 Å². The van der Waals surface area contributed by atoms with E-state index in [1.807, 2.05) is 32.3 Å². The van der Waals surface area contributed by atoms with Gasteiger partial charge in [-0.2, -0.15) is 0 Å². The maximum atomic E-state index is 13.0. The van der Waals surface area contributed by atoms with E-state index in [0.717, 1.165) is 68.3 Å². The summed E-state index contributed by atoms with van der Waals surface area (Å²) in [5.74, 6) is 4.36. The average molecular weight is 891 g/mol. The number of hydrogen-bond donors (Lipinski definition) is 3. The molecule has 3 aliphatic carbocycles. The Morgan fingerprint density at radius 3 is 1.56 bits per heavy atom. The molecule has 3 N–H and O–H groups in total. The van der Waals surface area contributed by atoms with Gasteiger partial charge in [0.15, 0.2) is 9.84 Å². The SMILES string of the molecule is CNC1C(=O)N(C23CCC(CC2)C3)CCc2ccoc21.CNC1C(=O)N(CC2CCCCCC2)CCc2ccoc21.CNC1C(=O)N(CC2CCCCS2(=O)=O)CCc2ccoc21. The molecule has 346 valence electrons. The number of nitrogens with one attached hydrogen (secondary N) is 3. The standard InChI is InChI=1S/C17H26N2O2.C16H22N2O2.C15H22N2O4S/c1-18-15-16-14(9-11-21-16)8-10-19(17(15)20)12-13-6-4-2-3-5-7-13;1-17-13-14-12(5-9-20-14)4-8-18(15(13)19)16-6-2-11(10-16)3-7-16;1-16-13-14-11(6-8-21-14)5-7-17(15(13)18)10-12-4-2-3-9-22(12,19)20/h9,11,13,15,18H,2-8,10,12H2,1H3;5,9,11,13,17H,2-4,6-8,10H2,1H3;6,8,12-13,16H,2-5,7,9-10H2,1H3. The lowest BCUT2D eigenvalue weighted by Crippen LogP contribution is -2.52. The van der Waals surface area contributed by atoms with E-state index in [0.29, 0.717) is 37.6 Å². The molecule has 4 unspecified atom stereocenters. The summed E-state index contributed by atoms with van der Waals surface area (Å²) in [7, 11) is 2.33. The van der Waals surface area contributed by atoms with Crippen molar-refractivity contribution in [2.75, 3.05) is 59.6 Å². The molecule has 14 nitrogen and oxygen atoms in total. The number of fused-ring (bicyclic) bond motifs is 5. The van der Waals surface area contributed by atoms with E-state index in [2.05, 4.69) is 25.8 Å². The van der Waals surface area contributed by atoms with Gasteiger partial charge in [-0.05, 0) is 145 Å². The fourth-order valence-electron chi connectivity index (χ4n) is 11.8. The topological polar surface area (TPSA) is 171 Å². The molecule has 7 heterocycles. The number of nitrogens with zero attached hydrogens (tertiary/aromatic N) is 3. The van der Waals surface area contributed by atoms with Crippen molar-refractivity contribution < 1.29 is 36.1 Å². The molecule has 4 fully saturated rings. The molecule has 0 spiro atoms. The Bertz CT molecular complexity index is 2130. The number of sulfone groups is 1. The Hall–Kier alpha value is -3.92. The van der Waals surface area contributed by atoms with Crippen LogP contribution in [0.5, 0.6) is 0 Å². The maximum Gasteiger partial charge on any atom is 0.248 e. The van der Waals surface area contributed by atoms with E-state index in [-0.39, 0.29) is 41.1 Å². The van der Waals surface area contributed by atoms with Crippen LogP contribution in [0.25, 0.3) is 0 Å². The summed E-state index contributed by atoms with van der Waals surface area (Å²) >= 11 is 0.